The van der Waals surface area contributed by atoms with Gasteiger partial charge in [0.25, 0.3) is 0 Å². The van der Waals surface area contributed by atoms with Crippen LogP contribution < -0.4 is 0 Å². The molecule has 50 heavy (non-hydrogen) atoms. The largest absolute Gasteiger partial charge is 0.393 e. The number of aliphatic hydroxyl groups is 3. The highest BCUT2D eigenvalue weighted by atomic mass is 32.1. The molecule has 2 aromatic carbocycles. The number of ketones is 1. The van der Waals surface area contributed by atoms with E-state index in [-0.39, 0.29) is 18.3 Å². The zero-order valence-electron chi connectivity index (χ0n) is 30.4. The van der Waals surface area contributed by atoms with Crippen molar-refractivity contribution in [2.75, 3.05) is 40.0 Å². The number of ether oxygens (including phenoxy) is 2. The van der Waals surface area contributed by atoms with E-state index in [4.69, 9.17) is 9.47 Å². The Labute approximate surface area is 303 Å². The first-order valence-electron chi connectivity index (χ1n) is 18.3. The molecule has 272 valence electrons. The molecule has 7 nitrogen and oxygen atoms in total. The molecule has 0 spiro atoms. The second-order valence-electron chi connectivity index (χ2n) is 14.9. The van der Waals surface area contributed by atoms with Gasteiger partial charge in [0.05, 0.1) is 35.9 Å². The van der Waals surface area contributed by atoms with E-state index in [0.29, 0.717) is 62.6 Å². The van der Waals surface area contributed by atoms with Crippen LogP contribution >= 0.6 is 11.3 Å². The third kappa shape index (κ3) is 9.59. The standard InChI is InChI=1S/C42H57NO6S/c1-30-10-8-20-41(3)38(36-17-15-33(24-34(44)16-13-30)25-37(36)40(46)39-18-14-31(2)50-39)19-21-42(41,47)29-43(22-9-23-48-4)26-35(45)28-49-27-32-11-6-5-7-12-32/h5-7,10-12,14-15,17-18,25,34-35,38,44-45,47H,8-9,13,16,19-24,26-29H2,1-4H3/t34-,35+,38-,41-,42+/m0/s1. The van der Waals surface area contributed by atoms with Gasteiger partial charge >= 0.3 is 0 Å². The summed E-state index contributed by atoms with van der Waals surface area (Å²) in [4.78, 5) is 18.2. The number of hydrogen-bond donors (Lipinski definition) is 3. The van der Waals surface area contributed by atoms with Crippen LogP contribution in [0.1, 0.15) is 102 Å². The fourth-order valence-corrected chi connectivity index (χ4v) is 8.98. The van der Waals surface area contributed by atoms with Gasteiger partial charge in [-0.15, -0.1) is 11.3 Å². The van der Waals surface area contributed by atoms with E-state index < -0.39 is 23.2 Å². The second kappa shape index (κ2) is 17.7. The van der Waals surface area contributed by atoms with Gasteiger partial charge in [0.1, 0.15) is 0 Å². The zero-order chi connectivity index (χ0) is 35.7. The lowest BCUT2D eigenvalue weighted by atomic mass is 9.64. The number of carbonyl (C=O) groups is 1. The number of aliphatic hydroxyl groups excluding tert-OH is 2. The van der Waals surface area contributed by atoms with E-state index in [1.165, 1.54) is 16.9 Å². The molecule has 1 saturated carbocycles. The molecule has 2 bridgehead atoms. The van der Waals surface area contributed by atoms with Crippen molar-refractivity contribution in [3.8, 4) is 0 Å². The monoisotopic (exact) mass is 703 g/mol. The molecule has 0 radical (unpaired) electrons. The lowest BCUT2D eigenvalue weighted by molar-refractivity contribution is -0.0913. The quantitative estimate of drug-likeness (QED) is 0.0925. The summed E-state index contributed by atoms with van der Waals surface area (Å²) in [5, 5.41) is 35.0. The van der Waals surface area contributed by atoms with Crippen LogP contribution in [0.3, 0.4) is 0 Å². The van der Waals surface area contributed by atoms with Crippen LogP contribution in [0.2, 0.25) is 0 Å². The minimum Gasteiger partial charge on any atom is -0.393 e. The number of methoxy groups -OCH3 is 1. The Balaban J connectivity index is 1.45. The number of thiophene rings is 1. The van der Waals surface area contributed by atoms with Gasteiger partial charge in [-0.25, -0.2) is 0 Å². The van der Waals surface area contributed by atoms with Crippen molar-refractivity contribution in [3.05, 3.63) is 104 Å². The lowest BCUT2D eigenvalue weighted by Crippen LogP contribution is -2.54. The Morgan fingerprint density at radius 3 is 2.62 bits per heavy atom. The van der Waals surface area contributed by atoms with Gasteiger partial charge < -0.3 is 24.8 Å². The Kier molecular flexibility index (Phi) is 13.6. The van der Waals surface area contributed by atoms with Crippen molar-refractivity contribution in [3.63, 3.8) is 0 Å². The van der Waals surface area contributed by atoms with Crippen molar-refractivity contribution in [1.29, 1.82) is 0 Å². The van der Waals surface area contributed by atoms with Gasteiger partial charge in [0.2, 0.25) is 5.78 Å². The summed E-state index contributed by atoms with van der Waals surface area (Å²) in [5.74, 6) is -0.0436. The van der Waals surface area contributed by atoms with Gasteiger partial charge in [-0.05, 0) is 106 Å². The number of carbonyl (C=O) groups excluding carboxylic acids is 1. The molecule has 8 heteroatoms. The van der Waals surface area contributed by atoms with Crippen molar-refractivity contribution >= 4 is 17.1 Å². The summed E-state index contributed by atoms with van der Waals surface area (Å²) < 4.78 is 11.3. The Morgan fingerprint density at radius 2 is 1.88 bits per heavy atom. The van der Waals surface area contributed by atoms with Gasteiger partial charge in [0.15, 0.2) is 0 Å². The van der Waals surface area contributed by atoms with Crippen molar-refractivity contribution in [2.24, 2.45) is 5.41 Å². The van der Waals surface area contributed by atoms with Gasteiger partial charge in [0, 0.05) is 49.2 Å². The highest BCUT2D eigenvalue weighted by Crippen LogP contribution is 2.59. The van der Waals surface area contributed by atoms with E-state index in [0.717, 1.165) is 53.7 Å². The fraction of sp³-hybridized carbons (Fsp3) is 0.548. The number of aryl methyl sites for hydroxylation is 1. The number of rotatable bonds is 14. The van der Waals surface area contributed by atoms with Crippen LogP contribution in [0.15, 0.2) is 72.3 Å². The number of allylic oxidation sites excluding steroid dienone is 2. The second-order valence-corrected chi connectivity index (χ2v) is 16.2. The van der Waals surface area contributed by atoms with Crippen molar-refractivity contribution in [1.82, 2.24) is 4.90 Å². The lowest BCUT2D eigenvalue weighted by Gasteiger charge is -2.46. The highest BCUT2D eigenvalue weighted by molar-refractivity contribution is 7.14. The highest BCUT2D eigenvalue weighted by Gasteiger charge is 2.57. The van der Waals surface area contributed by atoms with Gasteiger partial charge in [-0.2, -0.15) is 0 Å². The molecule has 1 fully saturated rings. The number of nitrogens with zero attached hydrogens (tertiary/aromatic N) is 1. The molecule has 3 aliphatic rings. The molecule has 3 aliphatic carbocycles. The normalized spacial score (nSPS) is 24.9. The first-order chi connectivity index (χ1) is 24.0. The summed E-state index contributed by atoms with van der Waals surface area (Å²) in [6, 6.07) is 20.0. The molecule has 0 aliphatic heterocycles. The van der Waals surface area contributed by atoms with Crippen LogP contribution in [0.5, 0.6) is 0 Å². The van der Waals surface area contributed by atoms with Crippen molar-refractivity contribution < 1.29 is 29.6 Å². The fourth-order valence-electron chi connectivity index (χ4n) is 8.16. The third-order valence-corrected chi connectivity index (χ3v) is 12.1. The summed E-state index contributed by atoms with van der Waals surface area (Å²) >= 11 is 1.51. The van der Waals surface area contributed by atoms with E-state index in [1.807, 2.05) is 55.5 Å². The average Bonchev–Trinajstić information content (AvgIpc) is 3.63. The molecule has 0 amide bonds. The molecule has 1 heterocycles. The summed E-state index contributed by atoms with van der Waals surface area (Å²) in [6.07, 6.45) is 6.69. The van der Waals surface area contributed by atoms with Crippen LogP contribution in [-0.2, 0) is 22.5 Å². The SMILES string of the molecule is COCCCN(C[C@@H](O)COCc1ccccc1)C[C@]1(O)CC[C@H]2c3ccc(cc3C(=O)c3ccc(C)s3)C[C@@H](O)CCC(C)=CCC[C@@]21C. The molecule has 0 saturated heterocycles. The maximum atomic E-state index is 14.2. The predicted octanol–water partition coefficient (Wildman–Crippen LogP) is 7.24. The zero-order valence-corrected chi connectivity index (χ0v) is 31.2. The Hall–Kier alpha value is -2.69. The molecular formula is C42H57NO6S. The smallest absolute Gasteiger partial charge is 0.203 e. The van der Waals surface area contributed by atoms with Crippen LogP contribution in [0.4, 0.5) is 0 Å². The number of fused-ring (bicyclic) bond motifs is 8. The maximum Gasteiger partial charge on any atom is 0.203 e. The summed E-state index contributed by atoms with van der Waals surface area (Å²) in [6.45, 7) is 9.04. The molecule has 3 N–H and O–H groups in total. The topological polar surface area (TPSA) is 99.5 Å². The first kappa shape index (κ1) is 38.5. The number of benzene rings is 2. The first-order valence-corrected chi connectivity index (χ1v) is 19.1. The molecule has 0 unspecified atom stereocenters. The molecular weight excluding hydrogens is 647 g/mol. The molecule has 5 atom stereocenters. The molecule has 6 rings (SSSR count). The Bertz CT molecular complexity index is 1570. The Morgan fingerprint density at radius 1 is 1.08 bits per heavy atom. The third-order valence-electron chi connectivity index (χ3n) is 11.1. The van der Waals surface area contributed by atoms with E-state index in [2.05, 4.69) is 37.0 Å². The minimum atomic E-state index is -1.07. The van der Waals surface area contributed by atoms with Gasteiger partial charge in [-0.1, -0.05) is 61.0 Å². The van der Waals surface area contributed by atoms with E-state index in [9.17, 15) is 20.1 Å². The minimum absolute atomic E-state index is 0.00915. The number of hydrogen-bond acceptors (Lipinski definition) is 8. The molecule has 3 aromatic rings. The van der Waals surface area contributed by atoms with Crippen LogP contribution in [0, 0.1) is 12.3 Å². The van der Waals surface area contributed by atoms with E-state index in [1.54, 1.807) is 7.11 Å². The predicted molar refractivity (Wildman–Crippen MR) is 201 cm³/mol. The summed E-state index contributed by atoms with van der Waals surface area (Å²) in [7, 11) is 1.69. The van der Waals surface area contributed by atoms with E-state index >= 15 is 0 Å². The van der Waals surface area contributed by atoms with Crippen LogP contribution in [0.25, 0.3) is 0 Å². The summed E-state index contributed by atoms with van der Waals surface area (Å²) in [5.41, 5.74) is 3.32. The van der Waals surface area contributed by atoms with Crippen molar-refractivity contribution in [2.45, 2.75) is 102 Å². The molecule has 1 aromatic heterocycles. The maximum absolute atomic E-state index is 14.2. The van der Waals surface area contributed by atoms with Gasteiger partial charge in [-0.3, -0.25) is 9.69 Å². The average molecular weight is 704 g/mol. The van der Waals surface area contributed by atoms with Crippen LogP contribution in [-0.4, -0.2) is 83.8 Å².